The van der Waals surface area contributed by atoms with Crippen LogP contribution in [0.1, 0.15) is 47.0 Å². The van der Waals surface area contributed by atoms with Crippen LogP contribution in [0.3, 0.4) is 0 Å². The van der Waals surface area contributed by atoms with Gasteiger partial charge in [0, 0.05) is 0 Å². The third-order valence-electron chi connectivity index (χ3n) is 3.53. The van der Waals surface area contributed by atoms with Crippen LogP contribution in [-0.2, 0) is 4.79 Å². The Morgan fingerprint density at radius 2 is 2.07 bits per heavy atom. The van der Waals surface area contributed by atoms with E-state index in [9.17, 15) is 4.79 Å². The first-order chi connectivity index (χ1) is 6.43. The number of carbonyl (C=O) groups is 1. The highest BCUT2D eigenvalue weighted by atomic mass is 16.1. The Morgan fingerprint density at radius 1 is 1.43 bits per heavy atom. The van der Waals surface area contributed by atoms with E-state index in [1.807, 2.05) is 0 Å². The van der Waals surface area contributed by atoms with E-state index in [1.165, 1.54) is 19.3 Å². The third kappa shape index (κ3) is 2.70. The third-order valence-corrected chi connectivity index (χ3v) is 3.53. The van der Waals surface area contributed by atoms with Gasteiger partial charge in [0.1, 0.15) is 0 Å². The zero-order valence-electron chi connectivity index (χ0n) is 9.84. The van der Waals surface area contributed by atoms with Crippen molar-refractivity contribution in [3.8, 4) is 0 Å². The van der Waals surface area contributed by atoms with Gasteiger partial charge in [0.2, 0.25) is 0 Å². The number of carbonyl (C=O) groups excluding carboxylic acids is 1. The molecule has 0 bridgehead atoms. The lowest BCUT2D eigenvalue weighted by atomic mass is 9.64. The average Bonchev–Trinajstić information content (AvgIpc) is 2.01. The number of rotatable bonds is 2. The minimum Gasteiger partial charge on any atom is -0.295 e. The maximum Gasteiger partial charge on any atom is 0.152 e. The molecule has 0 aromatic carbocycles. The topological polar surface area (TPSA) is 17.1 Å². The van der Waals surface area contributed by atoms with Gasteiger partial charge in [-0.1, -0.05) is 39.7 Å². The lowest BCUT2D eigenvalue weighted by Crippen LogP contribution is -2.32. The molecule has 1 saturated carbocycles. The summed E-state index contributed by atoms with van der Waals surface area (Å²) in [6.45, 7) is 8.56. The van der Waals surface area contributed by atoms with Crippen LogP contribution >= 0.6 is 0 Å². The number of ketones is 1. The predicted octanol–water partition coefficient (Wildman–Crippen LogP) is 3.59. The van der Waals surface area contributed by atoms with Crippen LogP contribution in [0.4, 0.5) is 0 Å². The van der Waals surface area contributed by atoms with Crippen molar-refractivity contribution in [1.29, 1.82) is 0 Å². The van der Waals surface area contributed by atoms with Crippen molar-refractivity contribution in [2.45, 2.75) is 47.0 Å². The number of hydrogen-bond acceptors (Lipinski definition) is 1. The first-order valence-corrected chi connectivity index (χ1v) is 5.62. The highest BCUT2D eigenvalue weighted by Crippen LogP contribution is 2.44. The summed E-state index contributed by atoms with van der Waals surface area (Å²) in [6, 6.07) is 0. The van der Waals surface area contributed by atoms with Crippen molar-refractivity contribution >= 4 is 5.78 Å². The maximum atomic E-state index is 10.9. The van der Waals surface area contributed by atoms with E-state index in [2.05, 4.69) is 26.8 Å². The van der Waals surface area contributed by atoms with Crippen LogP contribution in [0.15, 0.2) is 12.2 Å². The Labute approximate surface area is 87.6 Å². The van der Waals surface area contributed by atoms with Gasteiger partial charge in [-0.3, -0.25) is 4.79 Å². The molecule has 0 aromatic heterocycles. The monoisotopic (exact) mass is 194 g/mol. The summed E-state index contributed by atoms with van der Waals surface area (Å²) in [5.74, 6) is 1.45. The fourth-order valence-electron chi connectivity index (χ4n) is 2.69. The Hall–Kier alpha value is -0.590. The van der Waals surface area contributed by atoms with Crippen LogP contribution in [0.2, 0.25) is 0 Å². The molecule has 2 atom stereocenters. The van der Waals surface area contributed by atoms with E-state index in [0.29, 0.717) is 17.3 Å². The quantitative estimate of drug-likeness (QED) is 0.614. The first kappa shape index (κ1) is 11.5. The van der Waals surface area contributed by atoms with Crippen molar-refractivity contribution < 1.29 is 4.79 Å². The smallest absolute Gasteiger partial charge is 0.152 e. The molecule has 1 fully saturated rings. The van der Waals surface area contributed by atoms with Gasteiger partial charge in [-0.25, -0.2) is 0 Å². The van der Waals surface area contributed by atoms with E-state index in [4.69, 9.17) is 0 Å². The van der Waals surface area contributed by atoms with Gasteiger partial charge in [0.05, 0.1) is 0 Å². The molecule has 0 aromatic rings. The second kappa shape index (κ2) is 4.29. The first-order valence-electron chi connectivity index (χ1n) is 5.62. The highest BCUT2D eigenvalue weighted by Gasteiger charge is 2.34. The van der Waals surface area contributed by atoms with Gasteiger partial charge in [0.25, 0.3) is 0 Å². The molecule has 0 spiro atoms. The number of allylic oxidation sites excluding steroid dienone is 2. The molecule has 1 aliphatic rings. The summed E-state index contributed by atoms with van der Waals surface area (Å²) in [6.07, 6.45) is 7.79. The van der Waals surface area contributed by atoms with Crippen LogP contribution in [-0.4, -0.2) is 5.78 Å². The van der Waals surface area contributed by atoms with E-state index in [-0.39, 0.29) is 5.78 Å². The lowest BCUT2D eigenvalue weighted by molar-refractivity contribution is -0.112. The summed E-state index contributed by atoms with van der Waals surface area (Å²) < 4.78 is 0. The largest absolute Gasteiger partial charge is 0.295 e. The molecular formula is C13H22O. The fourth-order valence-corrected chi connectivity index (χ4v) is 2.69. The van der Waals surface area contributed by atoms with Gasteiger partial charge in [-0.05, 0) is 36.7 Å². The Morgan fingerprint density at radius 3 is 2.57 bits per heavy atom. The zero-order chi connectivity index (χ0) is 10.8. The summed E-state index contributed by atoms with van der Waals surface area (Å²) in [4.78, 5) is 10.9. The zero-order valence-corrected chi connectivity index (χ0v) is 9.84. The molecule has 0 radical (unpaired) electrons. The highest BCUT2D eigenvalue weighted by molar-refractivity contribution is 5.87. The molecule has 0 aliphatic heterocycles. The Balaban J connectivity index is 2.75. The van der Waals surface area contributed by atoms with Gasteiger partial charge >= 0.3 is 0 Å². The molecule has 0 unspecified atom stereocenters. The molecule has 0 N–H and O–H groups in total. The average molecular weight is 194 g/mol. The normalized spacial score (nSPS) is 32.0. The summed E-state index contributed by atoms with van der Waals surface area (Å²) in [5, 5.41) is 0. The molecular weight excluding hydrogens is 172 g/mol. The molecule has 1 heteroatoms. The van der Waals surface area contributed by atoms with Crippen LogP contribution in [0.25, 0.3) is 0 Å². The van der Waals surface area contributed by atoms with Crippen molar-refractivity contribution in [2.75, 3.05) is 0 Å². The van der Waals surface area contributed by atoms with Crippen molar-refractivity contribution in [1.82, 2.24) is 0 Å². The number of hydrogen-bond donors (Lipinski definition) is 0. The molecule has 1 nitrogen and oxygen atoms in total. The summed E-state index contributed by atoms with van der Waals surface area (Å²) in [5.41, 5.74) is 0.365. The standard InChI is InChI=1S/C13H22O/c1-10-6-5-9-13(3,4)12(10)8-7-11(2)14/h7-8,10,12H,5-6,9H2,1-4H3/t10-,12-/m0/s1. The Kier molecular flexibility index (Phi) is 3.52. The van der Waals surface area contributed by atoms with E-state index in [0.717, 1.165) is 0 Å². The van der Waals surface area contributed by atoms with Gasteiger partial charge in [-0.15, -0.1) is 0 Å². The minimum absolute atomic E-state index is 0.165. The van der Waals surface area contributed by atoms with Gasteiger partial charge in [0.15, 0.2) is 5.78 Å². The molecule has 14 heavy (non-hydrogen) atoms. The molecule has 0 amide bonds. The van der Waals surface area contributed by atoms with E-state index < -0.39 is 0 Å². The molecule has 0 heterocycles. The minimum atomic E-state index is 0.165. The lowest BCUT2D eigenvalue weighted by Gasteiger charge is -2.41. The molecule has 1 aliphatic carbocycles. The second-order valence-electron chi connectivity index (χ2n) is 5.35. The SMILES string of the molecule is CC(=O)C=C[C@H]1[C@@H](C)CCCC1(C)C. The van der Waals surface area contributed by atoms with Crippen LogP contribution in [0, 0.1) is 17.3 Å². The van der Waals surface area contributed by atoms with Crippen molar-refractivity contribution in [2.24, 2.45) is 17.3 Å². The van der Waals surface area contributed by atoms with Crippen molar-refractivity contribution in [3.05, 3.63) is 12.2 Å². The van der Waals surface area contributed by atoms with Crippen molar-refractivity contribution in [3.63, 3.8) is 0 Å². The van der Waals surface area contributed by atoms with Gasteiger partial charge < -0.3 is 0 Å². The van der Waals surface area contributed by atoms with Crippen LogP contribution < -0.4 is 0 Å². The van der Waals surface area contributed by atoms with Gasteiger partial charge in [-0.2, -0.15) is 0 Å². The predicted molar refractivity (Wildman–Crippen MR) is 60.1 cm³/mol. The van der Waals surface area contributed by atoms with E-state index in [1.54, 1.807) is 13.0 Å². The molecule has 0 saturated heterocycles. The van der Waals surface area contributed by atoms with Crippen LogP contribution in [0.5, 0.6) is 0 Å². The van der Waals surface area contributed by atoms with E-state index >= 15 is 0 Å². The fraction of sp³-hybridized carbons (Fsp3) is 0.769. The Bertz CT molecular complexity index is 238. The maximum absolute atomic E-state index is 10.9. The molecule has 1 rings (SSSR count). The second-order valence-corrected chi connectivity index (χ2v) is 5.35. The summed E-state index contributed by atoms with van der Waals surface area (Å²) in [7, 11) is 0. The summed E-state index contributed by atoms with van der Waals surface area (Å²) >= 11 is 0. The molecule has 80 valence electrons.